The molecule has 0 aliphatic rings. The van der Waals surface area contributed by atoms with Gasteiger partial charge in [-0.25, -0.2) is 0 Å². The van der Waals surface area contributed by atoms with Crippen molar-refractivity contribution in [3.63, 3.8) is 0 Å². The Hall–Kier alpha value is 1.51. The first kappa shape index (κ1) is 41.0. The Morgan fingerprint density at radius 3 is 0.400 bits per heavy atom. The van der Waals surface area contributed by atoms with Gasteiger partial charge in [0.2, 0.25) is 0 Å². The molecular formula is C24H56Al2MgO8. The molecule has 11 heteroatoms. The molecule has 0 amide bonds. The molecule has 0 atom stereocenters. The normalized spacial score (nSPS) is 13.0. The second kappa shape index (κ2) is 20.4. The standard InChI is InChI=1S/8C3H7O.2Al.Mg/c8*1-3(2)4;;;/h8*3H,1-2H3;;;/q8*-1;2*+3;+2. The molecule has 0 bridgehead atoms. The van der Waals surface area contributed by atoms with Crippen molar-refractivity contribution < 1.29 is 30.3 Å². The van der Waals surface area contributed by atoms with E-state index in [1.165, 1.54) is 0 Å². The van der Waals surface area contributed by atoms with Gasteiger partial charge in [-0.2, -0.15) is 0 Å². The third-order valence-corrected chi connectivity index (χ3v) is 10.5. The maximum atomic E-state index is 5.87. The van der Waals surface area contributed by atoms with Crippen LogP contribution in [0.1, 0.15) is 111 Å². The molecule has 0 saturated heterocycles. The summed E-state index contributed by atoms with van der Waals surface area (Å²) in [6.45, 7) is 31.4. The molecule has 0 saturated carbocycles. The van der Waals surface area contributed by atoms with Crippen LogP contribution in [0.15, 0.2) is 0 Å². The minimum Gasteiger partial charge on any atom is -0.585 e. The second-order valence-corrected chi connectivity index (χ2v) is 15.1. The summed E-state index contributed by atoms with van der Waals surface area (Å²) in [5, 5.41) is 0. The van der Waals surface area contributed by atoms with Crippen molar-refractivity contribution in [2.24, 2.45) is 0 Å². The Balaban J connectivity index is -0.000000569. The van der Waals surface area contributed by atoms with Crippen molar-refractivity contribution in [2.45, 2.75) is 160 Å². The Kier molecular flexibility index (Phi) is 23.9. The number of rotatable bonds is 16. The van der Waals surface area contributed by atoms with Crippen LogP contribution in [0, 0.1) is 0 Å². The van der Waals surface area contributed by atoms with E-state index in [1.807, 2.05) is 111 Å². The van der Waals surface area contributed by atoms with Gasteiger partial charge in [0, 0.05) is 0 Å². The van der Waals surface area contributed by atoms with Crippen LogP contribution in [-0.2, 0) is 30.3 Å². The van der Waals surface area contributed by atoms with Gasteiger partial charge in [0.05, 0.1) is 0 Å². The van der Waals surface area contributed by atoms with Gasteiger partial charge in [0.25, 0.3) is 0 Å². The van der Waals surface area contributed by atoms with Crippen molar-refractivity contribution in [1.29, 1.82) is 0 Å². The summed E-state index contributed by atoms with van der Waals surface area (Å²) in [5.41, 5.74) is 0. The van der Waals surface area contributed by atoms with Gasteiger partial charge in [-0.15, -0.1) is 0 Å². The average Bonchev–Trinajstić information content (AvgIpc) is 2.48. The fraction of sp³-hybridized carbons (Fsp3) is 1.00. The molecule has 0 aromatic carbocycles. The topological polar surface area (TPSA) is 73.8 Å². The van der Waals surface area contributed by atoms with E-state index in [0.717, 1.165) is 0 Å². The van der Waals surface area contributed by atoms with Crippen molar-refractivity contribution in [2.75, 3.05) is 0 Å². The Morgan fingerprint density at radius 1 is 0.257 bits per heavy atom. The minimum atomic E-state index is -3.38. The van der Waals surface area contributed by atoms with Crippen LogP contribution in [0.25, 0.3) is 0 Å². The summed E-state index contributed by atoms with van der Waals surface area (Å²) < 4.78 is 47.0. The molecule has 0 fully saturated rings. The smallest absolute Gasteiger partial charge is 0.585 e. The van der Waals surface area contributed by atoms with E-state index in [2.05, 4.69) is 0 Å². The molecule has 208 valence electrons. The molecule has 0 radical (unpaired) electrons. The van der Waals surface area contributed by atoms with Gasteiger partial charge in [0.1, 0.15) is 0 Å². The predicted octanol–water partition coefficient (Wildman–Crippen LogP) is 5.86. The first-order valence-corrected chi connectivity index (χ1v) is 16.8. The first-order valence-electron chi connectivity index (χ1n) is 13.0. The summed E-state index contributed by atoms with van der Waals surface area (Å²) >= 11 is -6.75. The molecule has 0 spiro atoms. The van der Waals surface area contributed by atoms with Gasteiger partial charge in [0.15, 0.2) is 0 Å². The Labute approximate surface area is 240 Å². The maximum absolute atomic E-state index is 5.87. The molecule has 0 aliphatic heterocycles. The van der Waals surface area contributed by atoms with Crippen molar-refractivity contribution in [3.05, 3.63) is 0 Å². The van der Waals surface area contributed by atoms with Crippen LogP contribution in [0.5, 0.6) is 0 Å². The molecule has 8 nitrogen and oxygen atoms in total. The van der Waals surface area contributed by atoms with E-state index >= 15 is 0 Å². The fourth-order valence-corrected chi connectivity index (χ4v) is 9.15. The summed E-state index contributed by atoms with van der Waals surface area (Å²) in [4.78, 5) is 0. The fourth-order valence-electron chi connectivity index (χ4n) is 3.05. The molecule has 0 unspecified atom stereocenters. The maximum Gasteiger partial charge on any atom is 2.00 e. The summed E-state index contributed by atoms with van der Waals surface area (Å²) in [5.74, 6) is 0. The summed E-state index contributed by atoms with van der Waals surface area (Å²) in [7, 11) is 0. The molecule has 0 aromatic heterocycles. The van der Waals surface area contributed by atoms with Crippen LogP contribution in [0.2, 0.25) is 0 Å². The average molecular weight is 551 g/mol. The van der Waals surface area contributed by atoms with Gasteiger partial charge in [-0.1, -0.05) is 0 Å². The minimum absolute atomic E-state index is 0. The van der Waals surface area contributed by atoms with Crippen LogP contribution in [0.4, 0.5) is 0 Å². The Bertz CT molecular complexity index is 369. The van der Waals surface area contributed by atoms with E-state index in [0.29, 0.717) is 0 Å². The quantitative estimate of drug-likeness (QED) is 0.221. The van der Waals surface area contributed by atoms with E-state index in [4.69, 9.17) is 30.3 Å². The summed E-state index contributed by atoms with van der Waals surface area (Å²) in [6.07, 6.45) is 0.194. The zero-order valence-electron chi connectivity index (χ0n) is 25.7. The van der Waals surface area contributed by atoms with Crippen molar-refractivity contribution >= 4 is 51.9 Å². The SMILES string of the molecule is CC(C)[O][Al-]([O]C(C)C)([O]C(C)C)[O]C(C)C.CC(C)[O][Al-]([O]C(C)C)([O]C(C)C)[O]C(C)C.[Mg+2]. The van der Waals surface area contributed by atoms with Crippen LogP contribution in [-0.4, -0.2) is 101 Å². The van der Waals surface area contributed by atoms with Gasteiger partial charge >= 0.3 is 51.9 Å². The number of hydrogen-bond acceptors (Lipinski definition) is 8. The van der Waals surface area contributed by atoms with E-state index in [1.54, 1.807) is 0 Å². The molecule has 0 rings (SSSR count). The monoisotopic (exact) mass is 550 g/mol. The zero-order valence-corrected chi connectivity index (χ0v) is 29.5. The first-order chi connectivity index (χ1) is 15.3. The largest absolute Gasteiger partial charge is 2.00 e. The van der Waals surface area contributed by atoms with Gasteiger partial charge < -0.3 is 30.3 Å². The predicted molar refractivity (Wildman–Crippen MR) is 147 cm³/mol. The van der Waals surface area contributed by atoms with E-state index in [9.17, 15) is 0 Å². The zero-order chi connectivity index (χ0) is 27.3. The molecule has 35 heavy (non-hydrogen) atoms. The van der Waals surface area contributed by atoms with Crippen molar-refractivity contribution in [1.82, 2.24) is 0 Å². The van der Waals surface area contributed by atoms with Crippen LogP contribution >= 0.6 is 0 Å². The third-order valence-electron chi connectivity index (χ3n) is 3.51. The van der Waals surface area contributed by atoms with Gasteiger partial charge in [-0.05, 0) is 160 Å². The summed E-state index contributed by atoms with van der Waals surface area (Å²) in [6, 6.07) is 0. The van der Waals surface area contributed by atoms with E-state index in [-0.39, 0.29) is 71.9 Å². The molecule has 0 aliphatic carbocycles. The molecule has 0 aromatic rings. The second-order valence-electron chi connectivity index (χ2n) is 10.6. The van der Waals surface area contributed by atoms with Crippen LogP contribution < -0.4 is 0 Å². The number of hydrogen-bond donors (Lipinski definition) is 0. The van der Waals surface area contributed by atoms with Crippen molar-refractivity contribution in [3.8, 4) is 0 Å². The van der Waals surface area contributed by atoms with E-state index < -0.39 is 28.8 Å². The third kappa shape index (κ3) is 23.1. The molecule has 0 heterocycles. The Morgan fingerprint density at radius 2 is 0.343 bits per heavy atom. The molecular weight excluding hydrogens is 495 g/mol. The van der Waals surface area contributed by atoms with Gasteiger partial charge in [-0.3, -0.25) is 0 Å². The molecule has 0 N–H and O–H groups in total. The van der Waals surface area contributed by atoms with Crippen LogP contribution in [0.3, 0.4) is 0 Å².